The molecule has 0 aliphatic heterocycles. The van der Waals surface area contributed by atoms with E-state index in [2.05, 4.69) is 21.1 Å². The Balaban J connectivity index is -0.0000000600. The topological polar surface area (TPSA) is 20.2 Å². The maximum atomic E-state index is 8.39. The molecule has 0 amide bonds. The number of hydrogen-bond acceptors (Lipinski definition) is 1. The molecule has 1 N–H and O–H groups in total. The van der Waals surface area contributed by atoms with E-state index in [1.165, 1.54) is 0 Å². The van der Waals surface area contributed by atoms with Gasteiger partial charge in [-0.05, 0) is 0 Å². The van der Waals surface area contributed by atoms with Gasteiger partial charge >= 0.3 is 29.6 Å². The van der Waals surface area contributed by atoms with Crippen LogP contribution in [0.4, 0.5) is 0 Å². The molecule has 2 nitrogen and oxygen atoms in total. The average molecular weight is 243 g/mol. The van der Waals surface area contributed by atoms with Crippen molar-refractivity contribution in [1.29, 1.82) is 0 Å². The molecule has 0 heterocycles. The molecular formula is C5H14BrClNNaO. The number of aliphatic hydroxyl groups is 1. The van der Waals surface area contributed by atoms with E-state index < -0.39 is 0 Å². The fourth-order valence-corrected chi connectivity index (χ4v) is 0.300. The van der Waals surface area contributed by atoms with Crippen LogP contribution in [-0.2, 0) is 0 Å². The van der Waals surface area contributed by atoms with Crippen molar-refractivity contribution in [2.24, 2.45) is 0 Å². The van der Waals surface area contributed by atoms with Gasteiger partial charge in [-0.15, -0.1) is 0 Å². The second-order valence-electron chi connectivity index (χ2n) is 2.74. The van der Waals surface area contributed by atoms with Crippen molar-refractivity contribution in [3.63, 3.8) is 0 Å². The Bertz CT molecular complexity index is 60.1. The van der Waals surface area contributed by atoms with Crippen LogP contribution in [0, 0.1) is 0 Å². The second kappa shape index (κ2) is 10.7. The predicted molar refractivity (Wildman–Crippen MR) is 30.0 cm³/mol. The Labute approximate surface area is 102 Å². The second-order valence-corrected chi connectivity index (χ2v) is 2.74. The summed E-state index contributed by atoms with van der Waals surface area (Å²) in [5.41, 5.74) is 0. The van der Waals surface area contributed by atoms with E-state index in [-0.39, 0.29) is 65.6 Å². The third-order valence-corrected chi connectivity index (χ3v) is 0.771. The van der Waals surface area contributed by atoms with Crippen molar-refractivity contribution in [2.45, 2.75) is 0 Å². The van der Waals surface area contributed by atoms with Crippen LogP contribution in [-0.4, -0.2) is 43.9 Å². The molecule has 0 saturated heterocycles. The number of aliphatic hydroxyl groups excluding tert-OH is 1. The van der Waals surface area contributed by atoms with Gasteiger partial charge in [0.25, 0.3) is 0 Å². The smallest absolute Gasteiger partial charge is 1.00 e. The molecule has 0 atom stereocenters. The van der Waals surface area contributed by atoms with E-state index in [1.54, 1.807) is 0 Å². The Kier molecular flexibility index (Phi) is 24.1. The number of quaternary nitrogens is 1. The van der Waals surface area contributed by atoms with E-state index in [0.717, 1.165) is 11.0 Å². The van der Waals surface area contributed by atoms with Crippen molar-refractivity contribution in [2.75, 3.05) is 34.3 Å². The SMILES string of the molecule is C[N+](C)(C)CCO.[Br-].[Cl-].[Na+]. The molecule has 5 heteroatoms. The first-order valence-electron chi connectivity index (χ1n) is 2.47. The minimum absolute atomic E-state index is 0. The summed E-state index contributed by atoms with van der Waals surface area (Å²) in [6.07, 6.45) is 0. The molecule has 0 aromatic heterocycles. The quantitative estimate of drug-likeness (QED) is 0.377. The number of nitrogens with zero attached hydrogens (tertiary/aromatic N) is 1. The molecule has 0 aliphatic carbocycles. The number of hydrogen-bond donors (Lipinski definition) is 1. The monoisotopic (exact) mass is 241 g/mol. The minimum atomic E-state index is 0. The third kappa shape index (κ3) is 22.6. The number of halogens is 2. The zero-order chi connectivity index (χ0) is 5.91. The van der Waals surface area contributed by atoms with Gasteiger partial charge in [-0.25, -0.2) is 0 Å². The van der Waals surface area contributed by atoms with Crippen molar-refractivity contribution in [3.8, 4) is 0 Å². The van der Waals surface area contributed by atoms with Crippen LogP contribution in [0.1, 0.15) is 0 Å². The summed E-state index contributed by atoms with van der Waals surface area (Å²) < 4.78 is 0.844. The van der Waals surface area contributed by atoms with Gasteiger partial charge in [0.05, 0.1) is 27.7 Å². The Hall–Kier alpha value is 1.69. The molecule has 0 bridgehead atoms. The van der Waals surface area contributed by atoms with Crippen molar-refractivity contribution in [1.82, 2.24) is 0 Å². The summed E-state index contributed by atoms with van der Waals surface area (Å²) in [6, 6.07) is 0. The van der Waals surface area contributed by atoms with Crippen molar-refractivity contribution < 1.29 is 68.5 Å². The summed E-state index contributed by atoms with van der Waals surface area (Å²) in [4.78, 5) is 0. The van der Waals surface area contributed by atoms with E-state index in [4.69, 9.17) is 5.11 Å². The van der Waals surface area contributed by atoms with Gasteiger partial charge in [0.15, 0.2) is 0 Å². The molecule has 0 radical (unpaired) electrons. The van der Waals surface area contributed by atoms with Gasteiger partial charge in [-0.2, -0.15) is 0 Å². The molecule has 0 saturated carbocycles. The van der Waals surface area contributed by atoms with Gasteiger partial charge in [-0.1, -0.05) is 0 Å². The van der Waals surface area contributed by atoms with Crippen LogP contribution in [0.15, 0.2) is 0 Å². The van der Waals surface area contributed by atoms with Gasteiger partial charge in [-0.3, -0.25) is 0 Å². The Morgan fingerprint density at radius 3 is 1.50 bits per heavy atom. The largest absolute Gasteiger partial charge is 1.00 e. The number of likely N-dealkylation sites (N-methyl/N-ethyl adjacent to an activating group) is 1. The molecule has 10 heavy (non-hydrogen) atoms. The third-order valence-electron chi connectivity index (χ3n) is 0.771. The van der Waals surface area contributed by atoms with Gasteiger partial charge in [0.1, 0.15) is 6.54 Å². The van der Waals surface area contributed by atoms with Gasteiger partial charge in [0.2, 0.25) is 0 Å². The molecule has 0 fully saturated rings. The zero-order valence-corrected chi connectivity index (χ0v) is 11.4. The molecule has 0 aliphatic rings. The Morgan fingerprint density at radius 2 is 1.50 bits per heavy atom. The molecule has 0 rings (SSSR count). The first kappa shape index (κ1) is 22.6. The molecule has 60 valence electrons. The normalized spacial score (nSPS) is 8.40. The van der Waals surface area contributed by atoms with E-state index in [9.17, 15) is 0 Å². The van der Waals surface area contributed by atoms with Crippen LogP contribution in [0.2, 0.25) is 0 Å². The van der Waals surface area contributed by atoms with Crippen LogP contribution < -0.4 is 58.9 Å². The summed E-state index contributed by atoms with van der Waals surface area (Å²) in [5.74, 6) is 0. The van der Waals surface area contributed by atoms with Gasteiger partial charge < -0.3 is 39.0 Å². The standard InChI is InChI=1S/C5H14NO.BrH.ClH.Na/c1-6(2,3)4-5-7;;;/h7H,4-5H2,1-3H3;2*1H;/q+1;;;+1/p-2. The van der Waals surface area contributed by atoms with Crippen LogP contribution in [0.5, 0.6) is 0 Å². The molecule has 0 unspecified atom stereocenters. The Morgan fingerprint density at radius 1 is 1.20 bits per heavy atom. The van der Waals surface area contributed by atoms with Crippen molar-refractivity contribution in [3.05, 3.63) is 0 Å². The summed E-state index contributed by atoms with van der Waals surface area (Å²) in [6.45, 7) is 1.11. The fourth-order valence-electron chi connectivity index (χ4n) is 0.300. The average Bonchev–Trinajstić information content (AvgIpc) is 1.30. The van der Waals surface area contributed by atoms with E-state index in [0.29, 0.717) is 0 Å². The molecule has 0 aromatic rings. The zero-order valence-electron chi connectivity index (χ0n) is 7.06. The molecule has 0 spiro atoms. The number of rotatable bonds is 2. The molecule has 0 aromatic carbocycles. The van der Waals surface area contributed by atoms with Crippen LogP contribution in [0.25, 0.3) is 0 Å². The predicted octanol–water partition coefficient (Wildman–Crippen LogP) is -9.30. The van der Waals surface area contributed by atoms with E-state index >= 15 is 0 Å². The maximum Gasteiger partial charge on any atom is 1.00 e. The summed E-state index contributed by atoms with van der Waals surface area (Å²) >= 11 is 0. The first-order chi connectivity index (χ1) is 3.06. The van der Waals surface area contributed by atoms with Crippen molar-refractivity contribution >= 4 is 0 Å². The first-order valence-corrected chi connectivity index (χ1v) is 2.47. The van der Waals surface area contributed by atoms with Crippen LogP contribution in [0.3, 0.4) is 0 Å². The van der Waals surface area contributed by atoms with E-state index in [1.807, 2.05) is 0 Å². The maximum absolute atomic E-state index is 8.39. The summed E-state index contributed by atoms with van der Waals surface area (Å²) in [7, 11) is 6.16. The summed E-state index contributed by atoms with van der Waals surface area (Å²) in [5, 5.41) is 8.39. The fraction of sp³-hybridized carbons (Fsp3) is 1.00. The van der Waals surface area contributed by atoms with Crippen LogP contribution >= 0.6 is 0 Å². The van der Waals surface area contributed by atoms with Gasteiger partial charge in [0, 0.05) is 0 Å². The molecular weight excluding hydrogens is 228 g/mol. The minimum Gasteiger partial charge on any atom is -1.00 e.